The summed E-state index contributed by atoms with van der Waals surface area (Å²) in [5.74, 6) is 0.869. The Hall–Kier alpha value is -3.47. The number of benzene rings is 2. The first-order valence-electron chi connectivity index (χ1n) is 9.36. The molecule has 0 saturated carbocycles. The Morgan fingerprint density at radius 2 is 1.96 bits per heavy atom. The number of oxazole rings is 1. The summed E-state index contributed by atoms with van der Waals surface area (Å²) >= 11 is 0. The van der Waals surface area contributed by atoms with Gasteiger partial charge in [-0.05, 0) is 66.4 Å². The number of hydrogen-bond donors (Lipinski definition) is 1. The molecular formula is C23H21N3O2. The van der Waals surface area contributed by atoms with Gasteiger partial charge in [0.15, 0.2) is 5.58 Å². The van der Waals surface area contributed by atoms with Crippen LogP contribution in [-0.4, -0.2) is 15.9 Å². The number of anilines is 1. The molecule has 1 N–H and O–H groups in total. The van der Waals surface area contributed by atoms with E-state index in [1.54, 1.807) is 18.3 Å². The van der Waals surface area contributed by atoms with E-state index < -0.39 is 0 Å². The largest absolute Gasteiger partial charge is 0.436 e. The molecule has 0 fully saturated rings. The maximum atomic E-state index is 12.2. The van der Waals surface area contributed by atoms with E-state index in [0.717, 1.165) is 23.1 Å². The Balaban J connectivity index is 1.54. The second-order valence-corrected chi connectivity index (χ2v) is 6.83. The summed E-state index contributed by atoms with van der Waals surface area (Å²) in [4.78, 5) is 20.8. The van der Waals surface area contributed by atoms with Crippen LogP contribution in [0.2, 0.25) is 0 Å². The topological polar surface area (TPSA) is 68.0 Å². The summed E-state index contributed by atoms with van der Waals surface area (Å²) in [6.45, 7) is 4.39. The molecule has 0 unspecified atom stereocenters. The van der Waals surface area contributed by atoms with Crippen molar-refractivity contribution in [3.8, 4) is 11.5 Å². The third-order valence-corrected chi connectivity index (χ3v) is 4.91. The first kappa shape index (κ1) is 17.9. The van der Waals surface area contributed by atoms with Gasteiger partial charge in [0.2, 0.25) is 5.89 Å². The van der Waals surface area contributed by atoms with E-state index in [9.17, 15) is 4.79 Å². The quantitative estimate of drug-likeness (QED) is 0.492. The van der Waals surface area contributed by atoms with E-state index in [2.05, 4.69) is 41.3 Å². The number of rotatable bonds is 5. The van der Waals surface area contributed by atoms with Crippen molar-refractivity contribution in [1.29, 1.82) is 0 Å². The fourth-order valence-electron chi connectivity index (χ4n) is 3.01. The fourth-order valence-corrected chi connectivity index (χ4v) is 3.01. The number of fused-ring (bicyclic) bond motifs is 1. The average molecular weight is 371 g/mol. The SMILES string of the molecule is CC[C@H](C)c1ccc2oc(-c3ccc(NC(=O)c4cccnc4)cc3)nc2c1. The standard InChI is InChI=1S/C23H21N3O2/c1-3-15(2)17-8-11-21-20(13-17)26-23(28-21)16-6-9-19(10-7-16)25-22(27)18-5-4-12-24-14-18/h4-15H,3H2,1-2H3,(H,25,27)/t15-/m0/s1. The van der Waals surface area contributed by atoms with Crippen molar-refractivity contribution in [3.05, 3.63) is 78.1 Å². The number of carbonyl (C=O) groups is 1. The Morgan fingerprint density at radius 3 is 2.68 bits per heavy atom. The Kier molecular flexibility index (Phi) is 4.89. The van der Waals surface area contributed by atoms with E-state index in [0.29, 0.717) is 23.1 Å². The van der Waals surface area contributed by atoms with Crippen LogP contribution in [0.4, 0.5) is 5.69 Å². The molecule has 1 atom stereocenters. The lowest BCUT2D eigenvalue weighted by Gasteiger charge is -2.07. The van der Waals surface area contributed by atoms with Gasteiger partial charge in [0.1, 0.15) is 5.52 Å². The molecule has 2 heterocycles. The van der Waals surface area contributed by atoms with Gasteiger partial charge in [-0.3, -0.25) is 9.78 Å². The summed E-state index contributed by atoms with van der Waals surface area (Å²) in [6, 6.07) is 17.1. The van der Waals surface area contributed by atoms with Crippen LogP contribution < -0.4 is 5.32 Å². The van der Waals surface area contributed by atoms with E-state index in [1.165, 1.54) is 11.8 Å². The summed E-state index contributed by atoms with van der Waals surface area (Å²) < 4.78 is 5.91. The van der Waals surface area contributed by atoms with Crippen LogP contribution in [0.5, 0.6) is 0 Å². The molecule has 28 heavy (non-hydrogen) atoms. The third kappa shape index (κ3) is 3.64. The van der Waals surface area contributed by atoms with E-state index in [4.69, 9.17) is 4.42 Å². The molecule has 1 amide bonds. The average Bonchev–Trinajstić information content (AvgIpc) is 3.17. The zero-order valence-corrected chi connectivity index (χ0v) is 15.8. The summed E-state index contributed by atoms with van der Waals surface area (Å²) in [5, 5.41) is 2.86. The van der Waals surface area contributed by atoms with Gasteiger partial charge < -0.3 is 9.73 Å². The van der Waals surface area contributed by atoms with E-state index >= 15 is 0 Å². The lowest BCUT2D eigenvalue weighted by Crippen LogP contribution is -2.11. The first-order valence-corrected chi connectivity index (χ1v) is 9.36. The second kappa shape index (κ2) is 7.64. The highest BCUT2D eigenvalue weighted by Crippen LogP contribution is 2.28. The van der Waals surface area contributed by atoms with Crippen LogP contribution in [0.15, 0.2) is 71.4 Å². The molecule has 0 radical (unpaired) electrons. The van der Waals surface area contributed by atoms with E-state index in [-0.39, 0.29) is 5.91 Å². The minimum atomic E-state index is -0.194. The predicted molar refractivity (Wildman–Crippen MR) is 110 cm³/mol. The van der Waals surface area contributed by atoms with Gasteiger partial charge in [-0.1, -0.05) is 19.9 Å². The summed E-state index contributed by atoms with van der Waals surface area (Å²) in [5.41, 5.74) is 4.98. The molecule has 2 aromatic carbocycles. The molecule has 0 bridgehead atoms. The van der Waals surface area contributed by atoms with Crippen molar-refractivity contribution in [2.24, 2.45) is 0 Å². The van der Waals surface area contributed by atoms with Gasteiger partial charge in [0, 0.05) is 23.6 Å². The van der Waals surface area contributed by atoms with Crippen LogP contribution in [0.3, 0.4) is 0 Å². The highest BCUT2D eigenvalue weighted by molar-refractivity contribution is 6.04. The molecule has 4 rings (SSSR count). The molecule has 0 saturated heterocycles. The molecule has 0 aliphatic carbocycles. The van der Waals surface area contributed by atoms with Crippen molar-refractivity contribution < 1.29 is 9.21 Å². The minimum absolute atomic E-state index is 0.194. The maximum Gasteiger partial charge on any atom is 0.257 e. The Bertz CT molecular complexity index is 1100. The van der Waals surface area contributed by atoms with Crippen molar-refractivity contribution in [1.82, 2.24) is 9.97 Å². The Labute approximate surface area is 163 Å². The molecule has 0 aliphatic rings. The molecule has 0 aliphatic heterocycles. The zero-order valence-electron chi connectivity index (χ0n) is 15.8. The van der Waals surface area contributed by atoms with Crippen LogP contribution in [-0.2, 0) is 0 Å². The predicted octanol–water partition coefficient (Wildman–Crippen LogP) is 5.66. The lowest BCUT2D eigenvalue weighted by molar-refractivity contribution is 0.102. The smallest absolute Gasteiger partial charge is 0.257 e. The molecular weight excluding hydrogens is 350 g/mol. The summed E-state index contributed by atoms with van der Waals surface area (Å²) in [7, 11) is 0. The van der Waals surface area contributed by atoms with Crippen molar-refractivity contribution in [3.63, 3.8) is 0 Å². The number of carbonyl (C=O) groups excluding carboxylic acids is 1. The van der Waals surface area contributed by atoms with Crippen LogP contribution in [0.1, 0.15) is 42.1 Å². The van der Waals surface area contributed by atoms with Gasteiger partial charge >= 0.3 is 0 Å². The second-order valence-electron chi connectivity index (χ2n) is 6.83. The number of nitrogens with one attached hydrogen (secondary N) is 1. The van der Waals surface area contributed by atoms with Gasteiger partial charge in [-0.15, -0.1) is 0 Å². The van der Waals surface area contributed by atoms with Crippen LogP contribution in [0, 0.1) is 0 Å². The van der Waals surface area contributed by atoms with Crippen LogP contribution >= 0.6 is 0 Å². The lowest BCUT2D eigenvalue weighted by atomic mass is 9.98. The van der Waals surface area contributed by atoms with Crippen LogP contribution in [0.25, 0.3) is 22.6 Å². The molecule has 2 aromatic heterocycles. The molecule has 0 spiro atoms. The van der Waals surface area contributed by atoms with Gasteiger partial charge in [-0.2, -0.15) is 0 Å². The third-order valence-electron chi connectivity index (χ3n) is 4.91. The van der Waals surface area contributed by atoms with Crippen molar-refractivity contribution >= 4 is 22.7 Å². The number of amides is 1. The van der Waals surface area contributed by atoms with Crippen molar-refractivity contribution in [2.45, 2.75) is 26.2 Å². The molecule has 5 heteroatoms. The number of pyridine rings is 1. The minimum Gasteiger partial charge on any atom is -0.436 e. The van der Waals surface area contributed by atoms with Gasteiger partial charge in [0.25, 0.3) is 5.91 Å². The normalized spacial score (nSPS) is 12.1. The van der Waals surface area contributed by atoms with Gasteiger partial charge in [-0.25, -0.2) is 4.98 Å². The zero-order chi connectivity index (χ0) is 19.5. The van der Waals surface area contributed by atoms with Crippen molar-refractivity contribution in [2.75, 3.05) is 5.32 Å². The molecule has 5 nitrogen and oxygen atoms in total. The first-order chi connectivity index (χ1) is 13.6. The maximum absolute atomic E-state index is 12.2. The van der Waals surface area contributed by atoms with E-state index in [1.807, 2.05) is 30.3 Å². The molecule has 140 valence electrons. The highest BCUT2D eigenvalue weighted by atomic mass is 16.3. The van der Waals surface area contributed by atoms with Gasteiger partial charge in [0.05, 0.1) is 5.56 Å². The number of nitrogens with zero attached hydrogens (tertiary/aromatic N) is 2. The monoisotopic (exact) mass is 371 g/mol. The molecule has 4 aromatic rings. The fraction of sp³-hybridized carbons (Fsp3) is 0.174. The number of hydrogen-bond acceptors (Lipinski definition) is 4. The summed E-state index contributed by atoms with van der Waals surface area (Å²) in [6.07, 6.45) is 4.26. The Morgan fingerprint density at radius 1 is 1.14 bits per heavy atom. The highest BCUT2D eigenvalue weighted by Gasteiger charge is 2.12. The number of aromatic nitrogens is 2.